The number of carboxylic acids is 1. The van der Waals surface area contributed by atoms with E-state index in [9.17, 15) is 4.79 Å². The number of carboxylic acid groups (broad SMARTS) is 1. The number of carbonyl (C=O) groups is 1. The molecule has 0 heterocycles. The van der Waals surface area contributed by atoms with E-state index in [0.29, 0.717) is 6.42 Å². The molecule has 3 nitrogen and oxygen atoms in total. The lowest BCUT2D eigenvalue weighted by Gasteiger charge is -2.02. The monoisotopic (exact) mass is 225 g/mol. The van der Waals surface area contributed by atoms with Gasteiger partial charge in [-0.1, -0.05) is 32.1 Å². The largest absolute Gasteiger partial charge is 0.472 e. The lowest BCUT2D eigenvalue weighted by molar-refractivity contribution is -0.130. The zero-order valence-electron chi connectivity index (χ0n) is 9.83. The lowest BCUT2D eigenvalue weighted by atomic mass is 10.2. The molecule has 0 amide bonds. The van der Waals surface area contributed by atoms with E-state index in [-0.39, 0.29) is 0 Å². The molecule has 0 aromatic carbocycles. The van der Waals surface area contributed by atoms with Gasteiger partial charge in [-0.05, 0) is 19.3 Å². The second-order valence-electron chi connectivity index (χ2n) is 3.59. The van der Waals surface area contributed by atoms with Gasteiger partial charge in [0.1, 0.15) is 0 Å². The van der Waals surface area contributed by atoms with Crippen molar-refractivity contribution in [1.29, 1.82) is 0 Å². The molecule has 0 aromatic rings. The number of ether oxygens (including phenoxy) is 1. The number of aliphatic carboxylic acids is 1. The van der Waals surface area contributed by atoms with Crippen LogP contribution in [0.4, 0.5) is 0 Å². The molecule has 0 aliphatic heterocycles. The molecule has 1 radical (unpaired) electrons. The van der Waals surface area contributed by atoms with Crippen LogP contribution in [0.5, 0.6) is 0 Å². The summed E-state index contributed by atoms with van der Waals surface area (Å²) in [5.74, 6) is 3.63. The first-order valence-corrected chi connectivity index (χ1v) is 5.86. The highest BCUT2D eigenvalue weighted by atomic mass is 16.5. The fourth-order valence-electron chi connectivity index (χ4n) is 1.22. The molecule has 0 atom stereocenters. The quantitative estimate of drug-likeness (QED) is 0.484. The van der Waals surface area contributed by atoms with Crippen molar-refractivity contribution in [1.82, 2.24) is 0 Å². The summed E-state index contributed by atoms with van der Waals surface area (Å²) < 4.78 is 5.42. The Kier molecular flexibility index (Phi) is 11.3. The predicted molar refractivity (Wildman–Crippen MR) is 63.9 cm³/mol. The van der Waals surface area contributed by atoms with Crippen molar-refractivity contribution in [2.24, 2.45) is 0 Å². The molecule has 0 saturated heterocycles. The van der Waals surface area contributed by atoms with Gasteiger partial charge in [-0.2, -0.15) is 0 Å². The Bertz CT molecular complexity index is 225. The normalized spacial score (nSPS) is 9.56. The van der Waals surface area contributed by atoms with Crippen LogP contribution in [0.3, 0.4) is 0 Å². The summed E-state index contributed by atoms with van der Waals surface area (Å²) in [4.78, 5) is 10.1. The van der Waals surface area contributed by atoms with Gasteiger partial charge in [0.05, 0.1) is 0 Å². The summed E-state index contributed by atoms with van der Waals surface area (Å²) >= 11 is 0. The van der Waals surface area contributed by atoms with Gasteiger partial charge in [-0.15, -0.1) is 0 Å². The summed E-state index contributed by atoms with van der Waals surface area (Å²) in [5.41, 5.74) is 0. The summed E-state index contributed by atoms with van der Waals surface area (Å²) in [6.07, 6.45) is 6.96. The average Bonchev–Trinajstić information content (AvgIpc) is 2.25. The van der Waals surface area contributed by atoms with E-state index < -0.39 is 5.97 Å². The molecule has 0 aliphatic carbocycles. The molecule has 1 N–H and O–H groups in total. The van der Waals surface area contributed by atoms with Crippen molar-refractivity contribution in [2.75, 3.05) is 13.2 Å². The number of hydrogen-bond donors (Lipinski definition) is 1. The van der Waals surface area contributed by atoms with Crippen LogP contribution >= 0.6 is 0 Å². The van der Waals surface area contributed by atoms with Gasteiger partial charge in [-0.3, -0.25) is 0 Å². The standard InChI is InChI=1S/C13H21O3/c1-2-3-4-8-11-16-12-9-6-5-7-10-13(14)15/h1-6,8-9,11-12H2,(H,14,15). The van der Waals surface area contributed by atoms with E-state index in [1.807, 2.05) is 0 Å². The van der Waals surface area contributed by atoms with Crippen LogP contribution in [0.1, 0.15) is 44.9 Å². The molecule has 0 aliphatic rings. The summed E-state index contributed by atoms with van der Waals surface area (Å²) in [6.45, 7) is 5.35. The maximum atomic E-state index is 10.1. The van der Waals surface area contributed by atoms with Crippen molar-refractivity contribution in [3.8, 4) is 11.8 Å². The smallest absolute Gasteiger partial charge is 0.381 e. The van der Waals surface area contributed by atoms with Gasteiger partial charge < -0.3 is 9.84 Å². The zero-order chi connectivity index (χ0) is 12.1. The third kappa shape index (κ3) is 13.0. The third-order valence-electron chi connectivity index (χ3n) is 2.07. The Hall–Kier alpha value is -1.01. The first-order chi connectivity index (χ1) is 7.77. The molecular weight excluding hydrogens is 204 g/mol. The summed E-state index contributed by atoms with van der Waals surface area (Å²) in [6, 6.07) is 0. The van der Waals surface area contributed by atoms with Gasteiger partial charge in [0.25, 0.3) is 0 Å². The highest BCUT2D eigenvalue weighted by Gasteiger charge is 1.90. The first kappa shape index (κ1) is 15.0. The number of unbranched alkanes of at least 4 members (excludes halogenated alkanes) is 5. The highest BCUT2D eigenvalue weighted by Crippen LogP contribution is 2.00. The van der Waals surface area contributed by atoms with Crippen LogP contribution in [0.25, 0.3) is 0 Å². The van der Waals surface area contributed by atoms with Crippen LogP contribution in [-0.4, -0.2) is 24.3 Å². The van der Waals surface area contributed by atoms with Gasteiger partial charge >= 0.3 is 5.97 Å². The molecule has 0 saturated carbocycles. The minimum atomic E-state index is -1.05. The second-order valence-corrected chi connectivity index (χ2v) is 3.59. The first-order valence-electron chi connectivity index (χ1n) is 5.86. The van der Waals surface area contributed by atoms with Crippen molar-refractivity contribution in [3.63, 3.8) is 0 Å². The lowest BCUT2D eigenvalue weighted by Crippen LogP contribution is -1.97. The minimum absolute atomic E-state index is 0.636. The van der Waals surface area contributed by atoms with Crippen LogP contribution in [0.2, 0.25) is 0 Å². The molecule has 0 fully saturated rings. The SMILES string of the molecule is [CH2]CCCCCOCCCCC#CC(=O)O. The maximum Gasteiger partial charge on any atom is 0.381 e. The summed E-state index contributed by atoms with van der Waals surface area (Å²) in [7, 11) is 0. The molecule has 0 aromatic heterocycles. The molecule has 0 spiro atoms. The zero-order valence-corrected chi connectivity index (χ0v) is 9.83. The second kappa shape index (κ2) is 12.1. The van der Waals surface area contributed by atoms with Crippen molar-refractivity contribution >= 4 is 5.97 Å². The van der Waals surface area contributed by atoms with Crippen molar-refractivity contribution in [2.45, 2.75) is 44.9 Å². The van der Waals surface area contributed by atoms with E-state index in [1.165, 1.54) is 12.8 Å². The maximum absolute atomic E-state index is 10.1. The van der Waals surface area contributed by atoms with E-state index in [0.717, 1.165) is 38.9 Å². The Morgan fingerprint density at radius 2 is 1.81 bits per heavy atom. The molecule has 91 valence electrons. The molecule has 3 heteroatoms. The van der Waals surface area contributed by atoms with Crippen LogP contribution < -0.4 is 0 Å². The van der Waals surface area contributed by atoms with E-state index >= 15 is 0 Å². The van der Waals surface area contributed by atoms with Gasteiger partial charge in [0.2, 0.25) is 0 Å². The van der Waals surface area contributed by atoms with Gasteiger partial charge in [0.15, 0.2) is 0 Å². The van der Waals surface area contributed by atoms with Gasteiger partial charge in [-0.25, -0.2) is 4.79 Å². The summed E-state index contributed by atoms with van der Waals surface area (Å²) in [5, 5.41) is 8.25. The fraction of sp³-hybridized carbons (Fsp3) is 0.692. The Labute approximate surface area is 98.2 Å². The minimum Gasteiger partial charge on any atom is -0.472 e. The number of hydrogen-bond acceptors (Lipinski definition) is 2. The Morgan fingerprint density at radius 1 is 1.12 bits per heavy atom. The van der Waals surface area contributed by atoms with Crippen molar-refractivity contribution in [3.05, 3.63) is 6.92 Å². The van der Waals surface area contributed by atoms with Crippen molar-refractivity contribution < 1.29 is 14.6 Å². The Morgan fingerprint density at radius 3 is 2.44 bits per heavy atom. The predicted octanol–water partition coefficient (Wildman–Crippen LogP) is 2.66. The average molecular weight is 225 g/mol. The van der Waals surface area contributed by atoms with Crippen LogP contribution in [0, 0.1) is 18.8 Å². The molecule has 0 unspecified atom stereocenters. The van der Waals surface area contributed by atoms with Crippen LogP contribution in [0.15, 0.2) is 0 Å². The third-order valence-corrected chi connectivity index (χ3v) is 2.07. The topological polar surface area (TPSA) is 46.5 Å². The fourth-order valence-corrected chi connectivity index (χ4v) is 1.22. The Balaban J connectivity index is 3.05. The highest BCUT2D eigenvalue weighted by molar-refractivity contribution is 5.86. The van der Waals surface area contributed by atoms with Crippen LogP contribution in [-0.2, 0) is 9.53 Å². The van der Waals surface area contributed by atoms with E-state index in [4.69, 9.17) is 9.84 Å². The van der Waals surface area contributed by atoms with E-state index in [1.54, 1.807) is 0 Å². The molecular formula is C13H21O3. The van der Waals surface area contributed by atoms with E-state index in [2.05, 4.69) is 18.8 Å². The number of rotatable bonds is 9. The van der Waals surface area contributed by atoms with Gasteiger partial charge in [0, 0.05) is 25.6 Å². The molecule has 0 bridgehead atoms. The molecule has 0 rings (SSSR count). The molecule has 16 heavy (non-hydrogen) atoms.